The summed E-state index contributed by atoms with van der Waals surface area (Å²) in [4.78, 5) is 45.2. The zero-order chi connectivity index (χ0) is 25.1. The topological polar surface area (TPSA) is 85.0 Å². The van der Waals surface area contributed by atoms with Gasteiger partial charge in [-0.05, 0) is 42.1 Å². The fourth-order valence-electron chi connectivity index (χ4n) is 5.24. The van der Waals surface area contributed by atoms with E-state index in [1.54, 1.807) is 11.0 Å². The molecule has 2 fully saturated rings. The fourth-order valence-corrected chi connectivity index (χ4v) is 5.24. The molecule has 0 bridgehead atoms. The molecule has 1 atom stereocenters. The van der Waals surface area contributed by atoms with Crippen LogP contribution in [-0.4, -0.2) is 77.7 Å². The first kappa shape index (κ1) is 24.5. The molecule has 1 aliphatic carbocycles. The molecule has 2 N–H and O–H groups in total. The minimum Gasteiger partial charge on any atom is -0.350 e. The van der Waals surface area contributed by atoms with Crippen molar-refractivity contribution in [1.29, 1.82) is 0 Å². The number of fused-ring (bicyclic) bond motifs is 1. The maximum Gasteiger partial charge on any atom is 0.255 e. The van der Waals surface area contributed by atoms with Crippen molar-refractivity contribution in [3.05, 3.63) is 70.8 Å². The number of nitrogens with zero attached hydrogens (tertiary/aromatic N) is 3. The van der Waals surface area contributed by atoms with E-state index >= 15 is 0 Å². The van der Waals surface area contributed by atoms with Gasteiger partial charge in [0, 0.05) is 50.9 Å². The van der Waals surface area contributed by atoms with Crippen molar-refractivity contribution in [2.45, 2.75) is 44.9 Å². The van der Waals surface area contributed by atoms with Gasteiger partial charge in [0.05, 0.1) is 6.54 Å². The Bertz CT molecular complexity index is 1120. The van der Waals surface area contributed by atoms with Gasteiger partial charge in [-0.15, -0.1) is 0 Å². The van der Waals surface area contributed by atoms with Crippen LogP contribution in [0.2, 0.25) is 0 Å². The van der Waals surface area contributed by atoms with Crippen molar-refractivity contribution in [1.82, 2.24) is 25.3 Å². The molecular formula is C28H35N5O3. The van der Waals surface area contributed by atoms with Gasteiger partial charge in [0.25, 0.3) is 5.91 Å². The normalized spacial score (nSPS) is 20.3. The number of amides is 3. The van der Waals surface area contributed by atoms with Gasteiger partial charge in [-0.1, -0.05) is 49.4 Å². The molecule has 5 rings (SSSR count). The molecule has 1 unspecified atom stereocenters. The van der Waals surface area contributed by atoms with Crippen LogP contribution in [0.4, 0.5) is 0 Å². The average Bonchev–Trinajstić information content (AvgIpc) is 3.70. The van der Waals surface area contributed by atoms with Crippen molar-refractivity contribution in [3.8, 4) is 0 Å². The third kappa shape index (κ3) is 5.29. The molecule has 1 saturated heterocycles. The van der Waals surface area contributed by atoms with Crippen molar-refractivity contribution >= 4 is 17.7 Å². The van der Waals surface area contributed by atoms with Crippen molar-refractivity contribution in [3.63, 3.8) is 0 Å². The second kappa shape index (κ2) is 10.8. The summed E-state index contributed by atoms with van der Waals surface area (Å²) >= 11 is 0. The first-order chi connectivity index (χ1) is 17.5. The zero-order valence-corrected chi connectivity index (χ0v) is 20.9. The number of carbonyl (C=O) groups excluding carboxylic acids is 3. The Hall–Kier alpha value is -3.23. The number of hydrogen-bond donors (Lipinski definition) is 2. The predicted molar refractivity (Wildman–Crippen MR) is 137 cm³/mol. The second-order valence-electron chi connectivity index (χ2n) is 9.91. The SMILES string of the molecule is CCN1CCN(Cc2ccccc2CNC(=O)CNC(=O)C2c3ccccc3C(=O)N2C2CC2)CC1. The summed E-state index contributed by atoms with van der Waals surface area (Å²) in [6, 6.07) is 14.9. The lowest BCUT2D eigenvalue weighted by atomic mass is 10.0. The molecule has 190 valence electrons. The molecule has 36 heavy (non-hydrogen) atoms. The third-order valence-electron chi connectivity index (χ3n) is 7.51. The molecule has 1 saturated carbocycles. The van der Waals surface area contributed by atoms with E-state index in [9.17, 15) is 14.4 Å². The average molecular weight is 490 g/mol. The van der Waals surface area contributed by atoms with Crippen LogP contribution in [-0.2, 0) is 22.7 Å². The summed E-state index contributed by atoms with van der Waals surface area (Å²) in [5.74, 6) is -0.641. The van der Waals surface area contributed by atoms with E-state index in [-0.39, 0.29) is 30.3 Å². The lowest BCUT2D eigenvalue weighted by Crippen LogP contribution is -2.45. The molecule has 3 amide bonds. The molecule has 0 radical (unpaired) electrons. The van der Waals surface area contributed by atoms with Gasteiger partial charge in [-0.3, -0.25) is 19.3 Å². The van der Waals surface area contributed by atoms with E-state index in [2.05, 4.69) is 33.4 Å². The van der Waals surface area contributed by atoms with Crippen LogP contribution in [0.3, 0.4) is 0 Å². The van der Waals surface area contributed by atoms with Crippen LogP contribution in [0, 0.1) is 0 Å². The van der Waals surface area contributed by atoms with Crippen LogP contribution in [0.25, 0.3) is 0 Å². The van der Waals surface area contributed by atoms with Gasteiger partial charge in [0.15, 0.2) is 0 Å². The Kier molecular flexibility index (Phi) is 7.34. The van der Waals surface area contributed by atoms with Gasteiger partial charge < -0.3 is 20.4 Å². The van der Waals surface area contributed by atoms with Crippen LogP contribution in [0.1, 0.15) is 52.9 Å². The molecule has 2 aromatic carbocycles. The largest absolute Gasteiger partial charge is 0.350 e. The lowest BCUT2D eigenvalue weighted by Gasteiger charge is -2.34. The molecular weight excluding hydrogens is 454 g/mol. The van der Waals surface area contributed by atoms with Crippen molar-refractivity contribution in [2.24, 2.45) is 0 Å². The van der Waals surface area contributed by atoms with Gasteiger partial charge in [-0.2, -0.15) is 0 Å². The number of piperazine rings is 1. The van der Waals surface area contributed by atoms with Gasteiger partial charge in [-0.25, -0.2) is 0 Å². The fraction of sp³-hybridized carbons (Fsp3) is 0.464. The Balaban J connectivity index is 1.14. The lowest BCUT2D eigenvalue weighted by molar-refractivity contribution is -0.129. The summed E-state index contributed by atoms with van der Waals surface area (Å²) in [5.41, 5.74) is 3.61. The number of benzene rings is 2. The Morgan fingerprint density at radius 1 is 0.889 bits per heavy atom. The predicted octanol–water partition coefficient (Wildman–Crippen LogP) is 1.92. The van der Waals surface area contributed by atoms with Crippen molar-refractivity contribution < 1.29 is 14.4 Å². The molecule has 2 aromatic rings. The molecule has 8 heteroatoms. The smallest absolute Gasteiger partial charge is 0.255 e. The summed E-state index contributed by atoms with van der Waals surface area (Å²) < 4.78 is 0. The van der Waals surface area contributed by atoms with E-state index < -0.39 is 6.04 Å². The van der Waals surface area contributed by atoms with E-state index in [1.165, 1.54) is 5.56 Å². The van der Waals surface area contributed by atoms with Crippen LogP contribution in [0.15, 0.2) is 48.5 Å². The highest BCUT2D eigenvalue weighted by molar-refractivity contribution is 6.05. The highest BCUT2D eigenvalue weighted by atomic mass is 16.2. The first-order valence-corrected chi connectivity index (χ1v) is 13.0. The Morgan fingerprint density at radius 2 is 1.56 bits per heavy atom. The summed E-state index contributed by atoms with van der Waals surface area (Å²) in [5, 5.41) is 5.72. The molecule has 8 nitrogen and oxygen atoms in total. The van der Waals surface area contributed by atoms with Crippen molar-refractivity contribution in [2.75, 3.05) is 39.3 Å². The summed E-state index contributed by atoms with van der Waals surface area (Å²) in [7, 11) is 0. The highest BCUT2D eigenvalue weighted by Gasteiger charge is 2.47. The summed E-state index contributed by atoms with van der Waals surface area (Å²) in [6.07, 6.45) is 1.83. The van der Waals surface area contributed by atoms with Gasteiger partial charge in [0.1, 0.15) is 6.04 Å². The van der Waals surface area contributed by atoms with E-state index in [0.29, 0.717) is 12.1 Å². The number of rotatable bonds is 9. The van der Waals surface area contributed by atoms with Crippen LogP contribution >= 0.6 is 0 Å². The van der Waals surface area contributed by atoms with E-state index in [1.807, 2.05) is 36.4 Å². The molecule has 0 spiro atoms. The number of nitrogens with one attached hydrogen (secondary N) is 2. The monoisotopic (exact) mass is 489 g/mol. The van der Waals surface area contributed by atoms with Crippen LogP contribution < -0.4 is 10.6 Å². The Labute approximate surface area is 212 Å². The number of likely N-dealkylation sites (N-methyl/N-ethyl adjacent to an activating group) is 1. The minimum atomic E-state index is -0.664. The van der Waals surface area contributed by atoms with E-state index in [4.69, 9.17) is 0 Å². The second-order valence-corrected chi connectivity index (χ2v) is 9.91. The number of hydrogen-bond acceptors (Lipinski definition) is 5. The zero-order valence-electron chi connectivity index (χ0n) is 20.9. The van der Waals surface area contributed by atoms with E-state index in [0.717, 1.165) is 63.2 Å². The van der Waals surface area contributed by atoms with Gasteiger partial charge in [0.2, 0.25) is 11.8 Å². The molecule has 0 aromatic heterocycles. The maximum absolute atomic E-state index is 13.1. The minimum absolute atomic E-state index is 0.0922. The number of carbonyl (C=O) groups is 3. The molecule has 2 aliphatic heterocycles. The highest BCUT2D eigenvalue weighted by Crippen LogP contribution is 2.41. The molecule has 2 heterocycles. The summed E-state index contributed by atoms with van der Waals surface area (Å²) in [6.45, 7) is 8.72. The standard InChI is InChI=1S/C28H35N5O3/c1-2-31-13-15-32(16-14-31)19-21-8-4-3-7-20(21)17-29-25(34)18-30-27(35)26-23-9-5-6-10-24(23)28(36)33(26)22-11-12-22/h3-10,22,26H,2,11-19H2,1H3,(H,29,34)(H,30,35). The molecule has 3 aliphatic rings. The third-order valence-corrected chi connectivity index (χ3v) is 7.51. The maximum atomic E-state index is 13.1. The quantitative estimate of drug-likeness (QED) is 0.562. The van der Waals surface area contributed by atoms with Crippen LogP contribution in [0.5, 0.6) is 0 Å². The van der Waals surface area contributed by atoms with Gasteiger partial charge >= 0.3 is 0 Å². The first-order valence-electron chi connectivity index (χ1n) is 13.0. The Morgan fingerprint density at radius 3 is 2.28 bits per heavy atom.